The van der Waals surface area contributed by atoms with Crippen LogP contribution in [0.3, 0.4) is 0 Å². The molecule has 2 fully saturated rings. The van der Waals surface area contributed by atoms with Crippen LogP contribution in [0.1, 0.15) is 39.5 Å². The smallest absolute Gasteiger partial charge is 0.241 e. The first-order valence-corrected chi connectivity index (χ1v) is 9.46. The summed E-state index contributed by atoms with van der Waals surface area (Å²) < 4.78 is 31.6. The van der Waals surface area contributed by atoms with Crippen LogP contribution in [0.5, 0.6) is 0 Å². The molecule has 0 aromatic rings. The highest BCUT2D eigenvalue weighted by Gasteiger charge is 2.39. The largest absolute Gasteiger partial charge is 0.377 e. The first-order valence-electron chi connectivity index (χ1n) is 7.85. The van der Waals surface area contributed by atoms with Gasteiger partial charge in [-0.1, -0.05) is 13.3 Å². The van der Waals surface area contributed by atoms with Crippen molar-refractivity contribution in [2.75, 3.05) is 32.1 Å². The maximum Gasteiger partial charge on any atom is 0.241 e. The summed E-state index contributed by atoms with van der Waals surface area (Å²) in [5.41, 5.74) is 0. The molecule has 2 heterocycles. The molecule has 7 heteroatoms. The molecule has 21 heavy (non-hydrogen) atoms. The number of ether oxygens (including phenoxy) is 1. The Bertz CT molecular complexity index is 466. The number of nitrogens with zero attached hydrogens (tertiary/aromatic N) is 2. The van der Waals surface area contributed by atoms with E-state index in [2.05, 4.69) is 0 Å². The van der Waals surface area contributed by atoms with Gasteiger partial charge in [-0.15, -0.1) is 0 Å². The molecule has 0 aliphatic carbocycles. The molecule has 0 saturated carbocycles. The predicted octanol–water partition coefficient (Wildman–Crippen LogP) is 0.828. The minimum atomic E-state index is -3.33. The SMILES string of the molecule is CCCS(=O)(=O)N1CCCCC1C(=O)N1CCOC[C@H]1C. The molecule has 2 aliphatic rings. The maximum atomic E-state index is 12.8. The molecule has 0 radical (unpaired) electrons. The molecule has 2 atom stereocenters. The number of carbonyl (C=O) groups excluding carboxylic acids is 1. The zero-order valence-corrected chi connectivity index (χ0v) is 13.8. The minimum absolute atomic E-state index is 0.0175. The van der Waals surface area contributed by atoms with Gasteiger partial charge in [-0.3, -0.25) is 4.79 Å². The van der Waals surface area contributed by atoms with Crippen LogP contribution < -0.4 is 0 Å². The van der Waals surface area contributed by atoms with Crippen molar-refractivity contribution in [2.24, 2.45) is 0 Å². The molecule has 0 N–H and O–H groups in total. The van der Waals surface area contributed by atoms with E-state index >= 15 is 0 Å². The summed E-state index contributed by atoms with van der Waals surface area (Å²) in [7, 11) is -3.33. The lowest BCUT2D eigenvalue weighted by Crippen LogP contribution is -2.57. The van der Waals surface area contributed by atoms with E-state index in [1.807, 2.05) is 13.8 Å². The summed E-state index contributed by atoms with van der Waals surface area (Å²) in [4.78, 5) is 14.6. The zero-order chi connectivity index (χ0) is 15.5. The highest BCUT2D eigenvalue weighted by atomic mass is 32.2. The third-order valence-corrected chi connectivity index (χ3v) is 6.28. The minimum Gasteiger partial charge on any atom is -0.377 e. The Morgan fingerprint density at radius 3 is 2.71 bits per heavy atom. The van der Waals surface area contributed by atoms with Gasteiger partial charge < -0.3 is 9.64 Å². The molecule has 2 aliphatic heterocycles. The van der Waals surface area contributed by atoms with Crippen molar-refractivity contribution in [2.45, 2.75) is 51.6 Å². The Morgan fingerprint density at radius 2 is 2.05 bits per heavy atom. The van der Waals surface area contributed by atoms with E-state index in [0.717, 1.165) is 12.8 Å². The lowest BCUT2D eigenvalue weighted by atomic mass is 10.0. The summed E-state index contributed by atoms with van der Waals surface area (Å²) in [6.07, 6.45) is 2.96. The van der Waals surface area contributed by atoms with Gasteiger partial charge in [-0.05, 0) is 26.2 Å². The first-order chi connectivity index (χ1) is 9.97. The second kappa shape index (κ2) is 7.07. The molecular formula is C14H26N2O4S. The van der Waals surface area contributed by atoms with Crippen molar-refractivity contribution >= 4 is 15.9 Å². The molecule has 0 spiro atoms. The standard InChI is InChI=1S/C14H26N2O4S/c1-3-10-21(18,19)16-7-5-4-6-13(16)14(17)15-8-9-20-11-12(15)2/h12-13H,3-11H2,1-2H3/t12-,13?/m1/s1. The fourth-order valence-electron chi connectivity index (χ4n) is 3.11. The average Bonchev–Trinajstić information content (AvgIpc) is 2.47. The number of piperidine rings is 1. The fourth-order valence-corrected chi connectivity index (χ4v) is 4.85. The number of rotatable bonds is 4. The number of morpholine rings is 1. The third kappa shape index (κ3) is 3.76. The van der Waals surface area contributed by atoms with Crippen molar-refractivity contribution in [1.29, 1.82) is 0 Å². The van der Waals surface area contributed by atoms with Gasteiger partial charge in [0.2, 0.25) is 15.9 Å². The van der Waals surface area contributed by atoms with Gasteiger partial charge >= 0.3 is 0 Å². The lowest BCUT2D eigenvalue weighted by molar-refractivity contribution is -0.144. The second-order valence-electron chi connectivity index (χ2n) is 5.89. The summed E-state index contributed by atoms with van der Waals surface area (Å²) >= 11 is 0. The first kappa shape index (κ1) is 16.7. The van der Waals surface area contributed by atoms with E-state index < -0.39 is 16.1 Å². The van der Waals surface area contributed by atoms with Gasteiger partial charge in [0.25, 0.3) is 0 Å². The Labute approximate surface area is 127 Å². The molecule has 0 bridgehead atoms. The summed E-state index contributed by atoms with van der Waals surface area (Å²) in [5.74, 6) is 0.0697. The molecule has 2 rings (SSSR count). The fraction of sp³-hybridized carbons (Fsp3) is 0.929. The second-order valence-corrected chi connectivity index (χ2v) is 7.93. The number of hydrogen-bond donors (Lipinski definition) is 0. The van der Waals surface area contributed by atoms with Crippen LogP contribution in [0.25, 0.3) is 0 Å². The Hall–Kier alpha value is -0.660. The molecule has 1 amide bonds. The summed E-state index contributed by atoms with van der Waals surface area (Å²) in [6, 6.07) is -0.500. The van der Waals surface area contributed by atoms with Crippen molar-refractivity contribution in [3.05, 3.63) is 0 Å². The number of sulfonamides is 1. The van der Waals surface area contributed by atoms with Crippen molar-refractivity contribution in [1.82, 2.24) is 9.21 Å². The van der Waals surface area contributed by atoms with Crippen molar-refractivity contribution in [3.63, 3.8) is 0 Å². The zero-order valence-electron chi connectivity index (χ0n) is 13.0. The molecule has 122 valence electrons. The van der Waals surface area contributed by atoms with Crippen LogP contribution >= 0.6 is 0 Å². The van der Waals surface area contributed by atoms with Gasteiger partial charge in [0.05, 0.1) is 25.0 Å². The molecule has 2 saturated heterocycles. The highest BCUT2D eigenvalue weighted by Crippen LogP contribution is 2.24. The van der Waals surface area contributed by atoms with Gasteiger partial charge in [-0.25, -0.2) is 8.42 Å². The quantitative estimate of drug-likeness (QED) is 0.770. The average molecular weight is 318 g/mol. The number of hydrogen-bond acceptors (Lipinski definition) is 4. The highest BCUT2D eigenvalue weighted by molar-refractivity contribution is 7.89. The van der Waals surface area contributed by atoms with Crippen molar-refractivity contribution < 1.29 is 17.9 Å². The molecule has 6 nitrogen and oxygen atoms in total. The molecular weight excluding hydrogens is 292 g/mol. The predicted molar refractivity (Wildman–Crippen MR) is 80.4 cm³/mol. The van der Waals surface area contributed by atoms with E-state index in [0.29, 0.717) is 39.1 Å². The van der Waals surface area contributed by atoms with Gasteiger partial charge in [0.1, 0.15) is 6.04 Å². The van der Waals surface area contributed by atoms with Crippen LogP contribution in [-0.4, -0.2) is 67.7 Å². The van der Waals surface area contributed by atoms with Crippen LogP contribution in [0, 0.1) is 0 Å². The van der Waals surface area contributed by atoms with Crippen LogP contribution in [-0.2, 0) is 19.6 Å². The van der Waals surface area contributed by atoms with Crippen LogP contribution in [0.2, 0.25) is 0 Å². The Kier molecular flexibility index (Phi) is 5.62. The molecule has 0 aromatic heterocycles. The Balaban J connectivity index is 2.16. The normalized spacial score (nSPS) is 28.6. The van der Waals surface area contributed by atoms with E-state index in [-0.39, 0.29) is 17.7 Å². The lowest BCUT2D eigenvalue weighted by Gasteiger charge is -2.40. The summed E-state index contributed by atoms with van der Waals surface area (Å²) in [5, 5.41) is 0. The van der Waals surface area contributed by atoms with Crippen LogP contribution in [0.4, 0.5) is 0 Å². The van der Waals surface area contributed by atoms with Gasteiger partial charge in [0, 0.05) is 13.1 Å². The van der Waals surface area contributed by atoms with E-state index in [4.69, 9.17) is 4.74 Å². The topological polar surface area (TPSA) is 66.9 Å². The van der Waals surface area contributed by atoms with E-state index in [9.17, 15) is 13.2 Å². The third-order valence-electron chi connectivity index (χ3n) is 4.21. The molecule has 0 aromatic carbocycles. The number of amides is 1. The van der Waals surface area contributed by atoms with Crippen LogP contribution in [0.15, 0.2) is 0 Å². The van der Waals surface area contributed by atoms with Gasteiger partial charge in [-0.2, -0.15) is 4.31 Å². The number of carbonyl (C=O) groups is 1. The van der Waals surface area contributed by atoms with E-state index in [1.165, 1.54) is 4.31 Å². The summed E-state index contributed by atoms with van der Waals surface area (Å²) in [6.45, 7) is 5.88. The maximum absolute atomic E-state index is 12.8. The van der Waals surface area contributed by atoms with Crippen molar-refractivity contribution in [3.8, 4) is 0 Å². The van der Waals surface area contributed by atoms with E-state index in [1.54, 1.807) is 4.90 Å². The van der Waals surface area contributed by atoms with Gasteiger partial charge in [0.15, 0.2) is 0 Å². The molecule has 1 unspecified atom stereocenters. The Morgan fingerprint density at radius 1 is 1.29 bits per heavy atom. The monoisotopic (exact) mass is 318 g/mol.